The smallest absolute Gasteiger partial charge is 0.166 e. The van der Waals surface area contributed by atoms with E-state index in [4.69, 9.17) is 0 Å². The number of hydrogen-bond acceptors (Lipinski definition) is 1. The lowest BCUT2D eigenvalue weighted by atomic mass is 9.92. The molecule has 0 fully saturated rings. The second-order valence-corrected chi connectivity index (χ2v) is 5.13. The quantitative estimate of drug-likeness (QED) is 0.548. The second kappa shape index (κ2) is 5.31. The summed E-state index contributed by atoms with van der Waals surface area (Å²) in [4.78, 5) is 12.4. The number of fused-ring (bicyclic) bond motifs is 1. The number of Topliss-reactive ketones (excluding diaryl/α,β-unsaturated/α-hetero) is 1. The maximum atomic E-state index is 12.4. The highest BCUT2D eigenvalue weighted by molar-refractivity contribution is 5.99. The van der Waals surface area contributed by atoms with Crippen LogP contribution in [0.25, 0.3) is 0 Å². The average Bonchev–Trinajstić information content (AvgIpc) is 2.47. The Morgan fingerprint density at radius 1 is 1.35 bits per heavy atom. The molecule has 90 valence electrons. The number of allylic oxidation sites excluding steroid dienone is 2. The molecule has 1 unspecified atom stereocenters. The Labute approximate surface area is 104 Å². The van der Waals surface area contributed by atoms with Gasteiger partial charge in [0.15, 0.2) is 5.78 Å². The summed E-state index contributed by atoms with van der Waals surface area (Å²) >= 11 is 0. The maximum absolute atomic E-state index is 12.4. The van der Waals surface area contributed by atoms with Crippen LogP contribution in [0.3, 0.4) is 0 Å². The van der Waals surface area contributed by atoms with Gasteiger partial charge < -0.3 is 0 Å². The molecule has 1 aliphatic rings. The molecule has 0 spiro atoms. The van der Waals surface area contributed by atoms with Gasteiger partial charge in [-0.25, -0.2) is 0 Å². The lowest BCUT2D eigenvalue weighted by molar-refractivity contribution is 0.0917. The molecule has 1 nitrogen and oxygen atoms in total. The molecule has 1 aromatic rings. The van der Waals surface area contributed by atoms with Crippen LogP contribution in [0.15, 0.2) is 35.9 Å². The largest absolute Gasteiger partial charge is 0.294 e. The first-order valence-electron chi connectivity index (χ1n) is 6.44. The molecule has 0 saturated heterocycles. The molecule has 2 rings (SSSR count). The minimum Gasteiger partial charge on any atom is -0.294 e. The molecule has 0 amide bonds. The Balaban J connectivity index is 2.23. The highest BCUT2D eigenvalue weighted by Gasteiger charge is 2.23. The molecule has 1 aliphatic carbocycles. The molecule has 0 saturated carbocycles. The summed E-state index contributed by atoms with van der Waals surface area (Å²) in [6, 6.07) is 8.08. The number of carbonyl (C=O) groups is 1. The van der Waals surface area contributed by atoms with Crippen molar-refractivity contribution in [3.05, 3.63) is 47.0 Å². The van der Waals surface area contributed by atoms with Gasteiger partial charge in [-0.1, -0.05) is 35.9 Å². The number of carbonyl (C=O) groups excluding carboxylic acids is 1. The van der Waals surface area contributed by atoms with Crippen LogP contribution in [0.4, 0.5) is 0 Å². The number of aryl methyl sites for hydroxylation is 1. The maximum Gasteiger partial charge on any atom is 0.166 e. The lowest BCUT2D eigenvalue weighted by Gasteiger charge is -2.11. The van der Waals surface area contributed by atoms with Crippen molar-refractivity contribution in [1.82, 2.24) is 0 Å². The molecule has 0 N–H and O–H groups in total. The van der Waals surface area contributed by atoms with Crippen molar-refractivity contribution >= 4 is 5.78 Å². The predicted molar refractivity (Wildman–Crippen MR) is 71.2 cm³/mol. The van der Waals surface area contributed by atoms with Crippen molar-refractivity contribution in [2.24, 2.45) is 5.92 Å². The SMILES string of the molecule is CC(C)=CCC1CCCc2ccccc2C1=O. The summed E-state index contributed by atoms with van der Waals surface area (Å²) in [6.07, 6.45) is 6.29. The first kappa shape index (κ1) is 12.1. The summed E-state index contributed by atoms with van der Waals surface area (Å²) in [5.41, 5.74) is 3.49. The zero-order chi connectivity index (χ0) is 12.3. The molecule has 0 aliphatic heterocycles. The fourth-order valence-corrected chi connectivity index (χ4v) is 2.47. The van der Waals surface area contributed by atoms with Crippen molar-refractivity contribution in [2.45, 2.75) is 39.5 Å². The van der Waals surface area contributed by atoms with Gasteiger partial charge in [0.05, 0.1) is 0 Å². The van der Waals surface area contributed by atoms with E-state index >= 15 is 0 Å². The Hall–Kier alpha value is -1.37. The van der Waals surface area contributed by atoms with Gasteiger partial charge in [0.2, 0.25) is 0 Å². The van der Waals surface area contributed by atoms with Crippen LogP contribution >= 0.6 is 0 Å². The van der Waals surface area contributed by atoms with Crippen LogP contribution < -0.4 is 0 Å². The highest BCUT2D eigenvalue weighted by atomic mass is 16.1. The third-order valence-electron chi connectivity index (χ3n) is 3.46. The molecule has 17 heavy (non-hydrogen) atoms. The Bertz CT molecular complexity index is 439. The van der Waals surface area contributed by atoms with Gasteiger partial charge in [0, 0.05) is 11.5 Å². The van der Waals surface area contributed by atoms with E-state index in [1.807, 2.05) is 18.2 Å². The van der Waals surface area contributed by atoms with Gasteiger partial charge >= 0.3 is 0 Å². The first-order valence-corrected chi connectivity index (χ1v) is 6.44. The van der Waals surface area contributed by atoms with Crippen LogP contribution in [-0.2, 0) is 6.42 Å². The van der Waals surface area contributed by atoms with Crippen LogP contribution in [0.2, 0.25) is 0 Å². The standard InChI is InChI=1S/C16H20O/c1-12(2)10-11-14-8-5-7-13-6-3-4-9-15(13)16(14)17/h3-4,6,9-10,14H,5,7-8,11H2,1-2H3. The summed E-state index contributed by atoms with van der Waals surface area (Å²) in [7, 11) is 0. The van der Waals surface area contributed by atoms with Crippen molar-refractivity contribution in [2.75, 3.05) is 0 Å². The van der Waals surface area contributed by atoms with Crippen LogP contribution in [-0.4, -0.2) is 5.78 Å². The van der Waals surface area contributed by atoms with E-state index in [2.05, 4.69) is 26.0 Å². The average molecular weight is 228 g/mol. The van der Waals surface area contributed by atoms with E-state index in [1.54, 1.807) is 0 Å². The molecule has 0 heterocycles. The topological polar surface area (TPSA) is 17.1 Å². The third kappa shape index (κ3) is 2.85. The van der Waals surface area contributed by atoms with Crippen LogP contribution in [0, 0.1) is 5.92 Å². The molecule has 1 atom stereocenters. The normalized spacial score (nSPS) is 19.4. The molecule has 0 bridgehead atoms. The Kier molecular flexibility index (Phi) is 3.78. The second-order valence-electron chi connectivity index (χ2n) is 5.13. The first-order chi connectivity index (χ1) is 8.18. The predicted octanol–water partition coefficient (Wildman–Crippen LogP) is 4.18. The van der Waals surface area contributed by atoms with Crippen LogP contribution in [0.5, 0.6) is 0 Å². The summed E-state index contributed by atoms with van der Waals surface area (Å²) in [6.45, 7) is 4.18. The van der Waals surface area contributed by atoms with E-state index in [0.717, 1.165) is 31.2 Å². The molecule has 1 heteroatoms. The fourth-order valence-electron chi connectivity index (χ4n) is 2.47. The number of rotatable bonds is 2. The molecular formula is C16H20O. The van der Waals surface area contributed by atoms with Gasteiger partial charge in [0.25, 0.3) is 0 Å². The van der Waals surface area contributed by atoms with E-state index in [-0.39, 0.29) is 5.92 Å². The minimum atomic E-state index is 0.188. The Morgan fingerprint density at radius 2 is 2.12 bits per heavy atom. The number of benzene rings is 1. The number of hydrogen-bond donors (Lipinski definition) is 0. The van der Waals surface area contributed by atoms with Crippen molar-refractivity contribution in [3.8, 4) is 0 Å². The minimum absolute atomic E-state index is 0.188. The monoisotopic (exact) mass is 228 g/mol. The van der Waals surface area contributed by atoms with Crippen LogP contribution in [0.1, 0.15) is 49.0 Å². The van der Waals surface area contributed by atoms with E-state index < -0.39 is 0 Å². The molecular weight excluding hydrogens is 208 g/mol. The third-order valence-corrected chi connectivity index (χ3v) is 3.46. The van der Waals surface area contributed by atoms with E-state index in [0.29, 0.717) is 5.78 Å². The van der Waals surface area contributed by atoms with Crippen molar-refractivity contribution < 1.29 is 4.79 Å². The van der Waals surface area contributed by atoms with Crippen molar-refractivity contribution in [1.29, 1.82) is 0 Å². The lowest BCUT2D eigenvalue weighted by Crippen LogP contribution is -2.13. The molecule has 0 radical (unpaired) electrons. The van der Waals surface area contributed by atoms with Gasteiger partial charge in [-0.05, 0) is 45.1 Å². The van der Waals surface area contributed by atoms with E-state index in [1.165, 1.54) is 11.1 Å². The van der Waals surface area contributed by atoms with Gasteiger partial charge in [-0.2, -0.15) is 0 Å². The summed E-state index contributed by atoms with van der Waals surface area (Å²) in [5.74, 6) is 0.532. The van der Waals surface area contributed by atoms with Crippen molar-refractivity contribution in [3.63, 3.8) is 0 Å². The number of ketones is 1. The fraction of sp³-hybridized carbons (Fsp3) is 0.438. The summed E-state index contributed by atoms with van der Waals surface area (Å²) in [5, 5.41) is 0. The van der Waals surface area contributed by atoms with E-state index in [9.17, 15) is 4.79 Å². The molecule has 0 aromatic heterocycles. The van der Waals surface area contributed by atoms with Gasteiger partial charge in [-0.15, -0.1) is 0 Å². The van der Waals surface area contributed by atoms with Gasteiger partial charge in [-0.3, -0.25) is 4.79 Å². The molecule has 1 aromatic carbocycles. The zero-order valence-corrected chi connectivity index (χ0v) is 10.7. The Morgan fingerprint density at radius 3 is 2.88 bits per heavy atom. The van der Waals surface area contributed by atoms with Gasteiger partial charge in [0.1, 0.15) is 0 Å². The summed E-state index contributed by atoms with van der Waals surface area (Å²) < 4.78 is 0. The highest BCUT2D eigenvalue weighted by Crippen LogP contribution is 2.27. The zero-order valence-electron chi connectivity index (χ0n) is 10.7.